The molecule has 1 atom stereocenters. The third-order valence-corrected chi connectivity index (χ3v) is 4.41. The summed E-state index contributed by atoms with van der Waals surface area (Å²) >= 11 is 3.53. The number of aryl methyl sites for hydroxylation is 2. The van der Waals surface area contributed by atoms with Crippen molar-refractivity contribution in [2.45, 2.75) is 26.7 Å². The summed E-state index contributed by atoms with van der Waals surface area (Å²) in [5, 5.41) is 0.990. The number of carbonyl (C=O) groups is 1. The zero-order valence-corrected chi connectivity index (χ0v) is 12.7. The van der Waals surface area contributed by atoms with E-state index in [1.807, 2.05) is 30.9 Å². The van der Waals surface area contributed by atoms with E-state index in [2.05, 4.69) is 22.0 Å². The van der Waals surface area contributed by atoms with Gasteiger partial charge < -0.3 is 4.90 Å². The summed E-state index contributed by atoms with van der Waals surface area (Å²) in [7, 11) is 0. The van der Waals surface area contributed by atoms with Crippen LogP contribution in [0.1, 0.15) is 34.3 Å². The number of nitrogens with zero attached hydrogens (tertiary/aromatic N) is 1. The van der Waals surface area contributed by atoms with Gasteiger partial charge in [-0.05, 0) is 44.7 Å². The van der Waals surface area contributed by atoms with E-state index in [1.165, 1.54) is 6.42 Å². The normalized spacial score (nSPS) is 19.9. The highest BCUT2D eigenvalue weighted by molar-refractivity contribution is 9.09. The Morgan fingerprint density at radius 2 is 2.00 bits per heavy atom. The number of piperidine rings is 1. The van der Waals surface area contributed by atoms with Crippen molar-refractivity contribution >= 4 is 21.8 Å². The van der Waals surface area contributed by atoms with Crippen molar-refractivity contribution in [1.82, 2.24) is 4.90 Å². The molecule has 0 bridgehead atoms. The van der Waals surface area contributed by atoms with Crippen molar-refractivity contribution in [3.05, 3.63) is 34.9 Å². The quantitative estimate of drug-likeness (QED) is 0.765. The van der Waals surface area contributed by atoms with E-state index in [9.17, 15) is 4.79 Å². The van der Waals surface area contributed by atoms with Gasteiger partial charge >= 0.3 is 0 Å². The van der Waals surface area contributed by atoms with Crippen LogP contribution in [0.15, 0.2) is 18.2 Å². The van der Waals surface area contributed by atoms with Crippen molar-refractivity contribution in [2.75, 3.05) is 18.4 Å². The van der Waals surface area contributed by atoms with Crippen molar-refractivity contribution in [3.63, 3.8) is 0 Å². The summed E-state index contributed by atoms with van der Waals surface area (Å²) < 4.78 is 0. The van der Waals surface area contributed by atoms with Crippen molar-refractivity contribution in [2.24, 2.45) is 5.92 Å². The molecule has 1 unspecified atom stereocenters. The summed E-state index contributed by atoms with van der Waals surface area (Å²) in [5.41, 5.74) is 3.16. The third-order valence-electron chi connectivity index (χ3n) is 3.49. The molecule has 98 valence electrons. The van der Waals surface area contributed by atoms with Gasteiger partial charge in [0.05, 0.1) is 0 Å². The van der Waals surface area contributed by atoms with Crippen LogP contribution in [-0.2, 0) is 0 Å². The molecule has 1 aromatic rings. The fraction of sp³-hybridized carbons (Fsp3) is 0.533. The Morgan fingerprint density at radius 3 is 2.61 bits per heavy atom. The Morgan fingerprint density at radius 1 is 1.33 bits per heavy atom. The van der Waals surface area contributed by atoms with Gasteiger partial charge in [-0.15, -0.1) is 0 Å². The Bertz CT molecular complexity index is 424. The van der Waals surface area contributed by atoms with Crippen LogP contribution in [0.4, 0.5) is 0 Å². The fourth-order valence-electron chi connectivity index (χ4n) is 2.66. The molecule has 2 rings (SSSR count). The standard InChI is InChI=1S/C15H20BrNO/c1-11-6-12(2)8-14(7-11)15(18)17-5-3-4-13(9-16)10-17/h6-8,13H,3-5,9-10H2,1-2H3. The first-order chi connectivity index (χ1) is 8.60. The number of likely N-dealkylation sites (tertiary alicyclic amines) is 1. The molecule has 1 aliphatic rings. The molecular weight excluding hydrogens is 290 g/mol. The van der Waals surface area contributed by atoms with Gasteiger partial charge in [-0.2, -0.15) is 0 Å². The summed E-state index contributed by atoms with van der Waals surface area (Å²) in [6, 6.07) is 6.09. The van der Waals surface area contributed by atoms with Gasteiger partial charge in [-0.25, -0.2) is 0 Å². The molecule has 0 radical (unpaired) electrons. The van der Waals surface area contributed by atoms with E-state index < -0.39 is 0 Å². The number of hydrogen-bond donors (Lipinski definition) is 0. The Hall–Kier alpha value is -0.830. The summed E-state index contributed by atoms with van der Waals surface area (Å²) in [6.45, 7) is 5.87. The number of amides is 1. The van der Waals surface area contributed by atoms with E-state index in [0.29, 0.717) is 5.92 Å². The maximum Gasteiger partial charge on any atom is 0.253 e. The topological polar surface area (TPSA) is 20.3 Å². The van der Waals surface area contributed by atoms with Gasteiger partial charge in [0.2, 0.25) is 0 Å². The van der Waals surface area contributed by atoms with Crippen LogP contribution in [0.3, 0.4) is 0 Å². The predicted octanol–water partition coefficient (Wildman–Crippen LogP) is 3.55. The molecule has 1 heterocycles. The number of rotatable bonds is 2. The van der Waals surface area contributed by atoms with Gasteiger partial charge in [0, 0.05) is 24.0 Å². The zero-order chi connectivity index (χ0) is 13.1. The molecular formula is C15H20BrNO. The lowest BCUT2D eigenvalue weighted by Gasteiger charge is -2.32. The SMILES string of the molecule is Cc1cc(C)cc(C(=O)N2CCCC(CBr)C2)c1. The fourth-order valence-corrected chi connectivity index (χ4v) is 3.18. The number of carbonyl (C=O) groups excluding carboxylic acids is 1. The van der Waals surface area contributed by atoms with Crippen LogP contribution in [0.25, 0.3) is 0 Å². The molecule has 0 spiro atoms. The predicted molar refractivity (Wildman–Crippen MR) is 78.3 cm³/mol. The van der Waals surface area contributed by atoms with E-state index in [1.54, 1.807) is 0 Å². The van der Waals surface area contributed by atoms with Crippen molar-refractivity contribution in [1.29, 1.82) is 0 Å². The highest BCUT2D eigenvalue weighted by Crippen LogP contribution is 2.21. The first-order valence-electron chi connectivity index (χ1n) is 6.53. The molecule has 1 fully saturated rings. The van der Waals surface area contributed by atoms with E-state index in [0.717, 1.165) is 41.5 Å². The number of benzene rings is 1. The lowest BCUT2D eigenvalue weighted by Crippen LogP contribution is -2.40. The van der Waals surface area contributed by atoms with E-state index >= 15 is 0 Å². The Labute approximate surface area is 117 Å². The first kappa shape index (κ1) is 13.6. The summed E-state index contributed by atoms with van der Waals surface area (Å²) in [6.07, 6.45) is 2.34. The second-order valence-corrected chi connectivity index (χ2v) is 5.94. The average Bonchev–Trinajstić information content (AvgIpc) is 2.37. The second-order valence-electron chi connectivity index (χ2n) is 5.29. The molecule has 0 aromatic heterocycles. The monoisotopic (exact) mass is 309 g/mol. The van der Waals surface area contributed by atoms with E-state index in [-0.39, 0.29) is 5.91 Å². The number of hydrogen-bond acceptors (Lipinski definition) is 1. The minimum Gasteiger partial charge on any atom is -0.338 e. The molecule has 1 aromatic carbocycles. The van der Waals surface area contributed by atoms with Crippen LogP contribution >= 0.6 is 15.9 Å². The van der Waals surface area contributed by atoms with E-state index in [4.69, 9.17) is 0 Å². The van der Waals surface area contributed by atoms with Crippen LogP contribution < -0.4 is 0 Å². The van der Waals surface area contributed by atoms with Gasteiger partial charge in [0.1, 0.15) is 0 Å². The minimum absolute atomic E-state index is 0.187. The lowest BCUT2D eigenvalue weighted by molar-refractivity contribution is 0.0686. The molecule has 3 heteroatoms. The Kier molecular flexibility index (Phi) is 4.44. The summed E-state index contributed by atoms with van der Waals surface area (Å²) in [5.74, 6) is 0.793. The average molecular weight is 310 g/mol. The van der Waals surface area contributed by atoms with Gasteiger partial charge in [-0.1, -0.05) is 33.1 Å². The van der Waals surface area contributed by atoms with Crippen LogP contribution in [0.5, 0.6) is 0 Å². The van der Waals surface area contributed by atoms with Gasteiger partial charge in [0.15, 0.2) is 0 Å². The zero-order valence-electron chi connectivity index (χ0n) is 11.1. The maximum atomic E-state index is 12.5. The molecule has 18 heavy (non-hydrogen) atoms. The molecule has 2 nitrogen and oxygen atoms in total. The minimum atomic E-state index is 0.187. The number of alkyl halides is 1. The van der Waals surface area contributed by atoms with Crippen molar-refractivity contribution in [3.8, 4) is 0 Å². The van der Waals surface area contributed by atoms with Crippen LogP contribution in [0, 0.1) is 19.8 Å². The Balaban J connectivity index is 2.15. The third kappa shape index (κ3) is 3.14. The highest BCUT2D eigenvalue weighted by atomic mass is 79.9. The van der Waals surface area contributed by atoms with Crippen molar-refractivity contribution < 1.29 is 4.79 Å². The van der Waals surface area contributed by atoms with Gasteiger partial charge in [-0.3, -0.25) is 4.79 Å². The second kappa shape index (κ2) is 5.87. The molecule has 0 aliphatic carbocycles. The molecule has 1 amide bonds. The molecule has 1 aliphatic heterocycles. The summed E-state index contributed by atoms with van der Waals surface area (Å²) in [4.78, 5) is 14.5. The first-order valence-corrected chi connectivity index (χ1v) is 7.66. The smallest absolute Gasteiger partial charge is 0.253 e. The molecule has 1 saturated heterocycles. The van der Waals surface area contributed by atoms with Gasteiger partial charge in [0.25, 0.3) is 5.91 Å². The maximum absolute atomic E-state index is 12.5. The lowest BCUT2D eigenvalue weighted by atomic mass is 9.99. The largest absolute Gasteiger partial charge is 0.338 e. The molecule has 0 saturated carbocycles. The number of halogens is 1. The van der Waals surface area contributed by atoms with Crippen LogP contribution in [-0.4, -0.2) is 29.2 Å². The van der Waals surface area contributed by atoms with Crippen LogP contribution in [0.2, 0.25) is 0 Å². The molecule has 0 N–H and O–H groups in total. The highest BCUT2D eigenvalue weighted by Gasteiger charge is 2.23.